The Hall–Kier alpha value is -2.79. The van der Waals surface area contributed by atoms with E-state index in [1.54, 1.807) is 0 Å². The lowest BCUT2D eigenvalue weighted by Gasteiger charge is -2.44. The van der Waals surface area contributed by atoms with Gasteiger partial charge in [0.2, 0.25) is 5.91 Å². The molecule has 0 saturated heterocycles. The lowest BCUT2D eigenvalue weighted by molar-refractivity contribution is -0.141. The van der Waals surface area contributed by atoms with E-state index >= 15 is 0 Å². The number of nitrogens with zero attached hydrogens (tertiary/aromatic N) is 2. The molecule has 0 radical (unpaired) electrons. The van der Waals surface area contributed by atoms with E-state index in [0.717, 1.165) is 36.6 Å². The number of esters is 1. The first-order chi connectivity index (χ1) is 14.0. The fourth-order valence-corrected chi connectivity index (χ4v) is 5.21. The van der Waals surface area contributed by atoms with E-state index < -0.39 is 23.2 Å². The van der Waals surface area contributed by atoms with Crippen LogP contribution in [0.15, 0.2) is 46.7 Å². The maximum Gasteiger partial charge on any atom is 0.316 e. The summed E-state index contributed by atoms with van der Waals surface area (Å²) in [5, 5.41) is 10.1. The molecule has 1 amide bonds. The van der Waals surface area contributed by atoms with Crippen LogP contribution in [0.5, 0.6) is 0 Å². The monoisotopic (exact) mass is 412 g/mol. The fraction of sp³-hybridized carbons (Fsp3) is 0.429. The zero-order valence-electron chi connectivity index (χ0n) is 16.1. The van der Waals surface area contributed by atoms with Crippen molar-refractivity contribution in [1.82, 2.24) is 0 Å². The Morgan fingerprint density at radius 1 is 1.24 bits per heavy atom. The van der Waals surface area contributed by atoms with Gasteiger partial charge in [0.05, 0.1) is 28.4 Å². The van der Waals surface area contributed by atoms with E-state index in [-0.39, 0.29) is 18.2 Å². The molecule has 29 heavy (non-hydrogen) atoms. The summed E-state index contributed by atoms with van der Waals surface area (Å²) in [4.78, 5) is 28.9. The SMILES string of the molecule is N#CC1=C(N)N=C(SCC(=O)OCc2ccccc2)C(C(N)=O)C12CCCCC2. The van der Waals surface area contributed by atoms with Crippen LogP contribution in [-0.2, 0) is 20.9 Å². The molecule has 1 saturated carbocycles. The second-order valence-corrected chi connectivity index (χ2v) is 8.30. The molecule has 152 valence electrons. The number of ether oxygens (including phenoxy) is 1. The summed E-state index contributed by atoms with van der Waals surface area (Å²) in [6.07, 6.45) is 4.13. The van der Waals surface area contributed by atoms with Crippen molar-refractivity contribution in [3.63, 3.8) is 0 Å². The van der Waals surface area contributed by atoms with Gasteiger partial charge >= 0.3 is 5.97 Å². The highest BCUT2D eigenvalue weighted by atomic mass is 32.2. The molecule has 2 aliphatic rings. The number of aliphatic imine (C=N–C) groups is 1. The first kappa shape index (κ1) is 20.9. The molecule has 0 aromatic heterocycles. The standard InChI is InChI=1S/C21H24N4O3S/c22-11-15-18(23)25-20(17(19(24)27)21(15)9-5-2-6-10-21)29-13-16(26)28-12-14-7-3-1-4-8-14/h1,3-4,7-8,17H,2,5-6,9-10,12-13,23H2,(H2,24,27). The molecule has 0 bridgehead atoms. The van der Waals surface area contributed by atoms with Crippen LogP contribution < -0.4 is 11.5 Å². The highest BCUT2D eigenvalue weighted by Gasteiger charge is 2.51. The molecule has 1 spiro atoms. The predicted molar refractivity (Wildman–Crippen MR) is 111 cm³/mol. The largest absolute Gasteiger partial charge is 0.460 e. The van der Waals surface area contributed by atoms with Crippen molar-refractivity contribution in [2.45, 2.75) is 38.7 Å². The molecule has 8 heteroatoms. The summed E-state index contributed by atoms with van der Waals surface area (Å²) in [6, 6.07) is 11.5. The van der Waals surface area contributed by atoms with Gasteiger partial charge in [-0.1, -0.05) is 61.4 Å². The van der Waals surface area contributed by atoms with Crippen molar-refractivity contribution < 1.29 is 14.3 Å². The second-order valence-electron chi connectivity index (χ2n) is 7.31. The number of carbonyl (C=O) groups is 2. The van der Waals surface area contributed by atoms with Crippen LogP contribution in [0.1, 0.15) is 37.7 Å². The summed E-state index contributed by atoms with van der Waals surface area (Å²) >= 11 is 1.11. The third kappa shape index (κ3) is 4.46. The summed E-state index contributed by atoms with van der Waals surface area (Å²) in [6.45, 7) is 0.177. The summed E-state index contributed by atoms with van der Waals surface area (Å²) in [5.41, 5.74) is 12.3. The molecule has 1 aromatic rings. The molecule has 1 aliphatic carbocycles. The van der Waals surface area contributed by atoms with E-state index in [4.69, 9.17) is 16.2 Å². The number of allylic oxidation sites excluding steroid dienone is 1. The van der Waals surface area contributed by atoms with Gasteiger partial charge < -0.3 is 16.2 Å². The fourth-order valence-electron chi connectivity index (χ4n) is 4.19. The number of primary amides is 1. The van der Waals surface area contributed by atoms with Gasteiger partial charge in [-0.05, 0) is 18.4 Å². The van der Waals surface area contributed by atoms with Crippen LogP contribution in [0, 0.1) is 22.7 Å². The van der Waals surface area contributed by atoms with Crippen molar-refractivity contribution in [3.05, 3.63) is 47.3 Å². The highest BCUT2D eigenvalue weighted by Crippen LogP contribution is 2.52. The number of hydrogen-bond acceptors (Lipinski definition) is 7. The highest BCUT2D eigenvalue weighted by molar-refractivity contribution is 8.14. The van der Waals surface area contributed by atoms with Gasteiger partial charge in [0.25, 0.3) is 0 Å². The Labute approximate surface area is 174 Å². The Kier molecular flexibility index (Phi) is 6.60. The van der Waals surface area contributed by atoms with Crippen LogP contribution in [0.4, 0.5) is 0 Å². The van der Waals surface area contributed by atoms with Crippen molar-refractivity contribution >= 4 is 28.7 Å². The molecule has 7 nitrogen and oxygen atoms in total. The second kappa shape index (κ2) is 9.14. The Morgan fingerprint density at radius 3 is 2.55 bits per heavy atom. The van der Waals surface area contributed by atoms with Gasteiger partial charge in [0, 0.05) is 5.41 Å². The molecule has 1 fully saturated rings. The zero-order chi connectivity index (χ0) is 20.9. The average molecular weight is 413 g/mol. The lowest BCUT2D eigenvalue weighted by Crippen LogP contribution is -2.48. The molecule has 1 unspecified atom stereocenters. The van der Waals surface area contributed by atoms with Crippen LogP contribution in [0.25, 0.3) is 0 Å². The topological polar surface area (TPSA) is 132 Å². The van der Waals surface area contributed by atoms with Crippen molar-refractivity contribution in [3.8, 4) is 6.07 Å². The van der Waals surface area contributed by atoms with E-state index in [2.05, 4.69) is 11.1 Å². The van der Waals surface area contributed by atoms with Crippen LogP contribution in [-0.4, -0.2) is 22.7 Å². The predicted octanol–water partition coefficient (Wildman–Crippen LogP) is 2.62. The van der Waals surface area contributed by atoms with E-state index in [9.17, 15) is 14.9 Å². The molecule has 1 atom stereocenters. The van der Waals surface area contributed by atoms with Crippen LogP contribution in [0.3, 0.4) is 0 Å². The third-order valence-electron chi connectivity index (χ3n) is 5.51. The summed E-state index contributed by atoms with van der Waals surface area (Å²) in [5.74, 6) is -1.61. The number of hydrogen-bond donors (Lipinski definition) is 2. The quantitative estimate of drug-likeness (QED) is 0.715. The first-order valence-electron chi connectivity index (χ1n) is 9.58. The number of benzene rings is 1. The smallest absolute Gasteiger partial charge is 0.316 e. The minimum Gasteiger partial charge on any atom is -0.460 e. The summed E-state index contributed by atoms with van der Waals surface area (Å²) < 4.78 is 5.29. The van der Waals surface area contributed by atoms with Gasteiger partial charge in [0.15, 0.2) is 0 Å². The van der Waals surface area contributed by atoms with Gasteiger partial charge in [-0.3, -0.25) is 9.59 Å². The van der Waals surface area contributed by atoms with Crippen LogP contribution in [0.2, 0.25) is 0 Å². The summed E-state index contributed by atoms with van der Waals surface area (Å²) in [7, 11) is 0. The number of carbonyl (C=O) groups excluding carboxylic acids is 2. The van der Waals surface area contributed by atoms with Gasteiger partial charge in [0.1, 0.15) is 12.4 Å². The van der Waals surface area contributed by atoms with Crippen molar-refractivity contribution in [2.24, 2.45) is 27.8 Å². The minimum atomic E-state index is -0.753. The number of amides is 1. The van der Waals surface area contributed by atoms with Crippen molar-refractivity contribution in [1.29, 1.82) is 5.26 Å². The van der Waals surface area contributed by atoms with E-state index in [1.165, 1.54) is 0 Å². The molecule has 3 rings (SSSR count). The molecule has 4 N–H and O–H groups in total. The number of nitriles is 1. The Balaban J connectivity index is 1.75. The molecular formula is C21H24N4O3S. The van der Waals surface area contributed by atoms with Crippen molar-refractivity contribution in [2.75, 3.05) is 5.75 Å². The first-order valence-corrected chi connectivity index (χ1v) is 10.6. The minimum absolute atomic E-state index is 0.0132. The molecular weight excluding hydrogens is 388 g/mol. The molecule has 1 aliphatic heterocycles. The Morgan fingerprint density at radius 2 is 1.93 bits per heavy atom. The lowest BCUT2D eigenvalue weighted by atomic mass is 9.61. The van der Waals surface area contributed by atoms with E-state index in [1.807, 2.05) is 30.3 Å². The maximum atomic E-state index is 12.4. The normalized spacial score (nSPS) is 20.7. The number of rotatable bonds is 5. The van der Waals surface area contributed by atoms with E-state index in [0.29, 0.717) is 23.5 Å². The molecule has 1 heterocycles. The third-order valence-corrected chi connectivity index (χ3v) is 6.51. The Bertz CT molecular complexity index is 883. The number of thioether (sulfide) groups is 1. The zero-order valence-corrected chi connectivity index (χ0v) is 16.9. The van der Waals surface area contributed by atoms with Gasteiger partial charge in [-0.15, -0.1) is 0 Å². The average Bonchev–Trinajstić information content (AvgIpc) is 2.71. The van der Waals surface area contributed by atoms with Gasteiger partial charge in [-0.25, -0.2) is 4.99 Å². The molecule has 1 aromatic carbocycles. The maximum absolute atomic E-state index is 12.4. The van der Waals surface area contributed by atoms with Gasteiger partial charge in [-0.2, -0.15) is 5.26 Å². The number of nitrogens with two attached hydrogens (primary N) is 2. The van der Waals surface area contributed by atoms with Crippen LogP contribution >= 0.6 is 11.8 Å².